The number of nitrogens with one attached hydrogen (secondary N) is 1. The summed E-state index contributed by atoms with van der Waals surface area (Å²) in [5, 5.41) is 4.12. The van der Waals surface area contributed by atoms with Gasteiger partial charge in [-0.2, -0.15) is 0 Å². The van der Waals surface area contributed by atoms with E-state index >= 15 is 0 Å². The van der Waals surface area contributed by atoms with Crippen LogP contribution in [0.25, 0.3) is 11.3 Å². The topological polar surface area (TPSA) is 58.4 Å². The molecule has 0 radical (unpaired) electrons. The number of oxazole rings is 1. The molecule has 0 saturated carbocycles. The van der Waals surface area contributed by atoms with Crippen LogP contribution in [-0.4, -0.2) is 25.0 Å². The number of anilines is 2. The zero-order chi connectivity index (χ0) is 19.4. The Morgan fingerprint density at radius 2 is 1.81 bits per heavy atom. The van der Waals surface area contributed by atoms with E-state index in [-0.39, 0.29) is 12.3 Å². The molecule has 7 heteroatoms. The van der Waals surface area contributed by atoms with Gasteiger partial charge in [0.05, 0.1) is 17.6 Å². The summed E-state index contributed by atoms with van der Waals surface area (Å²) in [5.74, 6) is 1.02. The third-order valence-corrected chi connectivity index (χ3v) is 4.45. The molecule has 0 aliphatic rings. The van der Waals surface area contributed by atoms with Gasteiger partial charge in [0.15, 0.2) is 11.7 Å². The number of carbonyl (C=O) groups excluding carboxylic acids is 1. The van der Waals surface area contributed by atoms with Crippen molar-refractivity contribution in [3.8, 4) is 11.3 Å². The van der Waals surface area contributed by atoms with Crippen molar-refractivity contribution >= 4 is 40.5 Å². The van der Waals surface area contributed by atoms with Gasteiger partial charge < -0.3 is 14.6 Å². The molecule has 1 heterocycles. The summed E-state index contributed by atoms with van der Waals surface area (Å²) < 4.78 is 5.73. The van der Waals surface area contributed by atoms with E-state index in [0.717, 1.165) is 11.3 Å². The highest BCUT2D eigenvalue weighted by Crippen LogP contribution is 2.28. The molecule has 0 fully saturated rings. The standard InChI is InChI=1S/C20H19Cl2N3O2/c1-25(2)17-8-7-15(22)11-16(17)24-19(26)9-10-20-23-12-18(27-20)13-3-5-14(21)6-4-13/h3-8,11-12H,9-10H2,1-2H3,(H,24,26). The maximum atomic E-state index is 12.3. The fraction of sp³-hybridized carbons (Fsp3) is 0.200. The van der Waals surface area contributed by atoms with Crippen LogP contribution in [0.15, 0.2) is 53.1 Å². The van der Waals surface area contributed by atoms with Gasteiger partial charge >= 0.3 is 0 Å². The van der Waals surface area contributed by atoms with Gasteiger partial charge in [-0.3, -0.25) is 4.79 Å². The molecule has 0 bridgehead atoms. The lowest BCUT2D eigenvalue weighted by Gasteiger charge is -2.18. The molecular weight excluding hydrogens is 385 g/mol. The molecule has 140 valence electrons. The molecule has 3 rings (SSSR count). The van der Waals surface area contributed by atoms with Crippen LogP contribution in [0.4, 0.5) is 11.4 Å². The minimum absolute atomic E-state index is 0.133. The second-order valence-electron chi connectivity index (χ2n) is 6.23. The van der Waals surface area contributed by atoms with Crippen molar-refractivity contribution in [2.75, 3.05) is 24.3 Å². The van der Waals surface area contributed by atoms with Gasteiger partial charge in [-0.25, -0.2) is 4.98 Å². The van der Waals surface area contributed by atoms with Crippen LogP contribution in [0.2, 0.25) is 10.0 Å². The molecule has 27 heavy (non-hydrogen) atoms. The van der Waals surface area contributed by atoms with Crippen molar-refractivity contribution in [2.45, 2.75) is 12.8 Å². The molecular formula is C20H19Cl2N3O2. The lowest BCUT2D eigenvalue weighted by Crippen LogP contribution is -2.17. The average molecular weight is 404 g/mol. The second kappa shape index (κ2) is 8.46. The molecule has 5 nitrogen and oxygen atoms in total. The van der Waals surface area contributed by atoms with E-state index in [9.17, 15) is 4.79 Å². The Hall–Kier alpha value is -2.50. The molecule has 0 spiro atoms. The molecule has 1 amide bonds. The first kappa shape index (κ1) is 19.3. The van der Waals surface area contributed by atoms with Gasteiger partial charge in [0, 0.05) is 42.5 Å². The Morgan fingerprint density at radius 1 is 1.11 bits per heavy atom. The predicted molar refractivity (Wildman–Crippen MR) is 110 cm³/mol. The molecule has 0 aliphatic carbocycles. The van der Waals surface area contributed by atoms with Crippen LogP contribution in [0.5, 0.6) is 0 Å². The third kappa shape index (κ3) is 5.02. The van der Waals surface area contributed by atoms with Gasteiger partial charge in [0.25, 0.3) is 0 Å². The Labute approximate surface area is 167 Å². The van der Waals surface area contributed by atoms with Crippen LogP contribution in [0, 0.1) is 0 Å². The molecule has 1 aromatic heterocycles. The molecule has 0 saturated heterocycles. The van der Waals surface area contributed by atoms with Crippen molar-refractivity contribution in [1.29, 1.82) is 0 Å². The lowest BCUT2D eigenvalue weighted by molar-refractivity contribution is -0.116. The summed E-state index contributed by atoms with van der Waals surface area (Å²) >= 11 is 11.9. The van der Waals surface area contributed by atoms with E-state index in [1.54, 1.807) is 30.5 Å². The van der Waals surface area contributed by atoms with E-state index < -0.39 is 0 Å². The lowest BCUT2D eigenvalue weighted by atomic mass is 10.2. The Kier molecular flexibility index (Phi) is 6.04. The summed E-state index contributed by atoms with van der Waals surface area (Å²) in [6.07, 6.45) is 2.30. The van der Waals surface area contributed by atoms with E-state index in [2.05, 4.69) is 10.3 Å². The highest BCUT2D eigenvalue weighted by atomic mass is 35.5. The van der Waals surface area contributed by atoms with Gasteiger partial charge in [0.2, 0.25) is 5.91 Å². The van der Waals surface area contributed by atoms with Crippen LogP contribution in [0.1, 0.15) is 12.3 Å². The van der Waals surface area contributed by atoms with Crippen LogP contribution in [-0.2, 0) is 11.2 Å². The number of nitrogens with zero attached hydrogens (tertiary/aromatic N) is 2. The van der Waals surface area contributed by atoms with Crippen molar-refractivity contribution in [2.24, 2.45) is 0 Å². The number of halogens is 2. The molecule has 1 N–H and O–H groups in total. The minimum Gasteiger partial charge on any atom is -0.441 e. The average Bonchev–Trinajstić information content (AvgIpc) is 3.09. The Morgan fingerprint density at radius 3 is 2.52 bits per heavy atom. The SMILES string of the molecule is CN(C)c1ccc(Cl)cc1NC(=O)CCc1ncc(-c2ccc(Cl)cc2)o1. The maximum Gasteiger partial charge on any atom is 0.224 e. The summed E-state index contributed by atoms with van der Waals surface area (Å²) in [7, 11) is 3.81. The summed E-state index contributed by atoms with van der Waals surface area (Å²) in [6, 6.07) is 12.7. The number of benzene rings is 2. The van der Waals surface area contributed by atoms with Crippen molar-refractivity contribution in [3.63, 3.8) is 0 Å². The van der Waals surface area contributed by atoms with Crippen molar-refractivity contribution in [3.05, 3.63) is 64.6 Å². The number of carbonyl (C=O) groups is 1. The van der Waals surface area contributed by atoms with E-state index in [1.807, 2.05) is 37.2 Å². The molecule has 3 aromatic rings. The number of aromatic nitrogens is 1. The first-order valence-corrected chi connectivity index (χ1v) is 9.15. The fourth-order valence-electron chi connectivity index (χ4n) is 2.60. The zero-order valence-corrected chi connectivity index (χ0v) is 16.5. The monoisotopic (exact) mass is 403 g/mol. The van der Waals surface area contributed by atoms with Gasteiger partial charge in [-0.1, -0.05) is 23.2 Å². The Bertz CT molecular complexity index is 937. The van der Waals surface area contributed by atoms with Crippen LogP contribution >= 0.6 is 23.2 Å². The Balaban J connectivity index is 1.62. The molecule has 0 atom stereocenters. The molecule has 2 aromatic carbocycles. The van der Waals surface area contributed by atoms with Gasteiger partial charge in [-0.15, -0.1) is 0 Å². The summed E-state index contributed by atoms with van der Waals surface area (Å²) in [5.41, 5.74) is 2.44. The predicted octanol–water partition coefficient (Wildman–Crippen LogP) is 5.29. The normalized spacial score (nSPS) is 10.7. The van der Waals surface area contributed by atoms with Crippen LogP contribution < -0.4 is 10.2 Å². The number of hydrogen-bond acceptors (Lipinski definition) is 4. The summed E-state index contributed by atoms with van der Waals surface area (Å²) in [4.78, 5) is 18.5. The van der Waals surface area contributed by atoms with Gasteiger partial charge in [-0.05, 0) is 42.5 Å². The second-order valence-corrected chi connectivity index (χ2v) is 7.10. The maximum absolute atomic E-state index is 12.3. The van der Waals surface area contributed by atoms with Crippen molar-refractivity contribution < 1.29 is 9.21 Å². The van der Waals surface area contributed by atoms with E-state index in [1.165, 1.54) is 0 Å². The third-order valence-electron chi connectivity index (χ3n) is 3.96. The van der Waals surface area contributed by atoms with Crippen LogP contribution in [0.3, 0.4) is 0 Å². The smallest absolute Gasteiger partial charge is 0.224 e. The highest BCUT2D eigenvalue weighted by molar-refractivity contribution is 6.31. The van der Waals surface area contributed by atoms with E-state index in [4.69, 9.17) is 27.6 Å². The first-order chi connectivity index (χ1) is 12.9. The first-order valence-electron chi connectivity index (χ1n) is 8.40. The number of aryl methyl sites for hydroxylation is 1. The fourth-order valence-corrected chi connectivity index (χ4v) is 2.90. The number of amides is 1. The largest absolute Gasteiger partial charge is 0.441 e. The molecule has 0 aliphatic heterocycles. The minimum atomic E-state index is -0.133. The zero-order valence-electron chi connectivity index (χ0n) is 15.0. The highest BCUT2D eigenvalue weighted by Gasteiger charge is 2.12. The van der Waals surface area contributed by atoms with Crippen molar-refractivity contribution in [1.82, 2.24) is 4.98 Å². The van der Waals surface area contributed by atoms with E-state index in [0.29, 0.717) is 33.8 Å². The summed E-state index contributed by atoms with van der Waals surface area (Å²) in [6.45, 7) is 0. The number of rotatable bonds is 6. The number of hydrogen-bond donors (Lipinski definition) is 1. The molecule has 0 unspecified atom stereocenters. The quantitative estimate of drug-likeness (QED) is 0.607. The van der Waals surface area contributed by atoms with Gasteiger partial charge in [0.1, 0.15) is 0 Å².